The van der Waals surface area contributed by atoms with E-state index in [1.165, 1.54) is 18.6 Å². The number of rotatable bonds is 5. The maximum Gasteiger partial charge on any atom is 0.274 e. The van der Waals surface area contributed by atoms with Crippen molar-refractivity contribution >= 4 is 17.7 Å². The van der Waals surface area contributed by atoms with Gasteiger partial charge in [0.2, 0.25) is 0 Å². The first-order valence-electron chi connectivity index (χ1n) is 10.8. The number of carbonyl (C=O) groups excluding carboxylic acids is 1. The van der Waals surface area contributed by atoms with Gasteiger partial charge in [0.15, 0.2) is 11.6 Å². The summed E-state index contributed by atoms with van der Waals surface area (Å²) in [6.07, 6.45) is 9.37. The molecule has 0 bridgehead atoms. The van der Waals surface area contributed by atoms with Crippen LogP contribution in [0.3, 0.4) is 0 Å². The Kier molecular flexibility index (Phi) is 6.40. The van der Waals surface area contributed by atoms with Gasteiger partial charge in [0, 0.05) is 11.8 Å². The molecule has 2 heterocycles. The molecule has 0 spiro atoms. The molecule has 3 aromatic rings. The number of aromatic nitrogens is 2. The lowest BCUT2D eigenvalue weighted by molar-refractivity contribution is 0.102. The first kappa shape index (κ1) is 21.8. The number of carbonyl (C=O) groups is 1. The second-order valence-electron chi connectivity index (χ2n) is 8.36. The van der Waals surface area contributed by atoms with Crippen molar-refractivity contribution in [3.05, 3.63) is 83.8 Å². The maximum absolute atomic E-state index is 14.4. The van der Waals surface area contributed by atoms with Gasteiger partial charge in [-0.15, -0.1) is 0 Å². The third-order valence-corrected chi connectivity index (χ3v) is 6.02. The Morgan fingerprint density at radius 1 is 1.22 bits per heavy atom. The molecule has 32 heavy (non-hydrogen) atoms. The molecule has 1 aromatic carbocycles. The summed E-state index contributed by atoms with van der Waals surface area (Å²) in [5, 5.41) is 2.92. The van der Waals surface area contributed by atoms with Crippen molar-refractivity contribution in [3.8, 4) is 11.3 Å². The number of pyridine rings is 2. The van der Waals surface area contributed by atoms with E-state index in [4.69, 9.17) is 0 Å². The van der Waals surface area contributed by atoms with E-state index in [9.17, 15) is 13.6 Å². The highest BCUT2D eigenvalue weighted by molar-refractivity contribution is 6.03. The number of hydrogen-bond acceptors (Lipinski definition) is 3. The van der Waals surface area contributed by atoms with E-state index in [1.54, 1.807) is 30.6 Å². The van der Waals surface area contributed by atoms with Crippen LogP contribution in [0.5, 0.6) is 0 Å². The topological polar surface area (TPSA) is 54.9 Å². The molecule has 2 atom stereocenters. The molecule has 4 nitrogen and oxygen atoms in total. The van der Waals surface area contributed by atoms with E-state index in [1.807, 2.05) is 6.07 Å². The molecule has 1 fully saturated rings. The first-order valence-corrected chi connectivity index (χ1v) is 10.8. The van der Waals surface area contributed by atoms with Gasteiger partial charge in [0.1, 0.15) is 5.69 Å². The summed E-state index contributed by atoms with van der Waals surface area (Å²) in [5.74, 6) is -1.41. The summed E-state index contributed by atoms with van der Waals surface area (Å²) in [6, 6.07) is 9.17. The summed E-state index contributed by atoms with van der Waals surface area (Å²) in [6.45, 7) is 5.86. The predicted molar refractivity (Wildman–Crippen MR) is 122 cm³/mol. The van der Waals surface area contributed by atoms with Crippen LogP contribution in [0.4, 0.5) is 14.5 Å². The average molecular weight is 434 g/mol. The van der Waals surface area contributed by atoms with Crippen molar-refractivity contribution in [1.29, 1.82) is 0 Å². The fraction of sp³-hybridized carbons (Fsp3) is 0.269. The van der Waals surface area contributed by atoms with Gasteiger partial charge >= 0.3 is 0 Å². The molecule has 1 saturated carbocycles. The van der Waals surface area contributed by atoms with E-state index in [0.29, 0.717) is 23.1 Å². The predicted octanol–water partition coefficient (Wildman–Crippen LogP) is 6.61. The Morgan fingerprint density at radius 3 is 2.84 bits per heavy atom. The molecule has 164 valence electrons. The Balaban J connectivity index is 1.62. The molecule has 0 radical (unpaired) electrons. The summed E-state index contributed by atoms with van der Waals surface area (Å²) in [5.41, 5.74) is 2.42. The number of nitrogens with one attached hydrogen (secondary N) is 1. The minimum Gasteiger partial charge on any atom is -0.319 e. The van der Waals surface area contributed by atoms with Crippen LogP contribution < -0.4 is 5.32 Å². The number of benzene rings is 1. The lowest BCUT2D eigenvalue weighted by Gasteiger charge is -2.28. The fourth-order valence-corrected chi connectivity index (χ4v) is 4.39. The third kappa shape index (κ3) is 4.59. The van der Waals surface area contributed by atoms with Crippen molar-refractivity contribution < 1.29 is 13.6 Å². The Labute approximate surface area is 186 Å². The lowest BCUT2D eigenvalue weighted by Crippen LogP contribution is -2.18. The van der Waals surface area contributed by atoms with Crippen LogP contribution in [0.25, 0.3) is 17.3 Å². The van der Waals surface area contributed by atoms with Crippen molar-refractivity contribution in [2.45, 2.75) is 38.5 Å². The zero-order chi connectivity index (χ0) is 22.7. The SMILES string of the molecule is C=Cc1cc(F)c(F)c(-c2cccc(C(=O)Nc3cnccc3C3CCCC(C)C3)n2)c1. The zero-order valence-corrected chi connectivity index (χ0v) is 17.9. The number of nitrogens with zero attached hydrogens (tertiary/aromatic N) is 2. The van der Waals surface area contributed by atoms with Crippen LogP contribution in [0.15, 0.2) is 55.4 Å². The molecule has 0 aliphatic heterocycles. The highest BCUT2D eigenvalue weighted by Gasteiger charge is 2.23. The molecular weight excluding hydrogens is 408 g/mol. The molecule has 1 aliphatic rings. The van der Waals surface area contributed by atoms with E-state index in [-0.39, 0.29) is 17.0 Å². The molecule has 1 amide bonds. The highest BCUT2D eigenvalue weighted by atomic mass is 19.2. The average Bonchev–Trinajstić information content (AvgIpc) is 2.81. The second kappa shape index (κ2) is 9.39. The number of anilines is 1. The standard InChI is InChI=1S/C26H25F2N3O/c1-3-17-13-20(25(28)21(27)14-17)22-8-5-9-23(30-22)26(32)31-24-15-29-11-10-19(24)18-7-4-6-16(2)12-18/h3,5,8-11,13-16,18H,1,4,6-7,12H2,2H3,(H,31,32). The Morgan fingerprint density at radius 2 is 2.06 bits per heavy atom. The second-order valence-corrected chi connectivity index (χ2v) is 8.36. The summed E-state index contributed by atoms with van der Waals surface area (Å²) >= 11 is 0. The first-order chi connectivity index (χ1) is 15.5. The molecule has 0 saturated heterocycles. The maximum atomic E-state index is 14.4. The highest BCUT2D eigenvalue weighted by Crippen LogP contribution is 2.38. The van der Waals surface area contributed by atoms with E-state index >= 15 is 0 Å². The van der Waals surface area contributed by atoms with Crippen LogP contribution in [0.1, 0.15) is 60.1 Å². The van der Waals surface area contributed by atoms with Gasteiger partial charge in [-0.1, -0.05) is 38.5 Å². The van der Waals surface area contributed by atoms with Crippen molar-refractivity contribution in [2.24, 2.45) is 5.92 Å². The molecule has 4 rings (SSSR count). The van der Waals surface area contributed by atoms with E-state index in [2.05, 4.69) is 28.8 Å². The van der Waals surface area contributed by atoms with E-state index in [0.717, 1.165) is 30.9 Å². The van der Waals surface area contributed by atoms with Crippen molar-refractivity contribution in [3.63, 3.8) is 0 Å². The Bertz CT molecular complexity index is 1160. The number of amides is 1. The molecule has 1 N–H and O–H groups in total. The van der Waals surface area contributed by atoms with Gasteiger partial charge in [0.05, 0.1) is 17.6 Å². The summed E-state index contributed by atoms with van der Waals surface area (Å²) in [7, 11) is 0. The molecule has 2 unspecified atom stereocenters. The van der Waals surface area contributed by atoms with Crippen LogP contribution >= 0.6 is 0 Å². The summed E-state index contributed by atoms with van der Waals surface area (Å²) in [4.78, 5) is 21.5. The number of halogens is 2. The Hall–Kier alpha value is -3.41. The summed E-state index contributed by atoms with van der Waals surface area (Å²) < 4.78 is 28.4. The third-order valence-electron chi connectivity index (χ3n) is 6.02. The van der Waals surface area contributed by atoms with Crippen LogP contribution in [0.2, 0.25) is 0 Å². The smallest absolute Gasteiger partial charge is 0.274 e. The molecular formula is C26H25F2N3O. The largest absolute Gasteiger partial charge is 0.319 e. The van der Waals surface area contributed by atoms with Crippen LogP contribution in [-0.2, 0) is 0 Å². The van der Waals surface area contributed by atoms with E-state index < -0.39 is 17.5 Å². The van der Waals surface area contributed by atoms with Crippen LogP contribution in [-0.4, -0.2) is 15.9 Å². The normalized spacial score (nSPS) is 18.2. The van der Waals surface area contributed by atoms with Crippen molar-refractivity contribution in [2.75, 3.05) is 5.32 Å². The van der Waals surface area contributed by atoms with Gasteiger partial charge in [-0.2, -0.15) is 0 Å². The number of hydrogen-bond donors (Lipinski definition) is 1. The van der Waals surface area contributed by atoms with Gasteiger partial charge in [0.25, 0.3) is 5.91 Å². The lowest BCUT2D eigenvalue weighted by atomic mass is 9.78. The minimum atomic E-state index is -1.01. The zero-order valence-electron chi connectivity index (χ0n) is 17.9. The molecule has 6 heteroatoms. The van der Waals surface area contributed by atoms with Crippen LogP contribution in [0, 0.1) is 17.6 Å². The fourth-order valence-electron chi connectivity index (χ4n) is 4.39. The van der Waals surface area contributed by atoms with Gasteiger partial charge in [-0.05, 0) is 66.1 Å². The van der Waals surface area contributed by atoms with Gasteiger partial charge in [-0.3, -0.25) is 9.78 Å². The van der Waals surface area contributed by atoms with Gasteiger partial charge < -0.3 is 5.32 Å². The van der Waals surface area contributed by atoms with Crippen molar-refractivity contribution in [1.82, 2.24) is 9.97 Å². The molecule has 2 aromatic heterocycles. The quantitative estimate of drug-likeness (QED) is 0.492. The molecule has 1 aliphatic carbocycles. The monoisotopic (exact) mass is 433 g/mol. The minimum absolute atomic E-state index is 0.0205. The van der Waals surface area contributed by atoms with Gasteiger partial charge in [-0.25, -0.2) is 13.8 Å².